The molecule has 0 bridgehead atoms. The molecule has 0 N–H and O–H groups in total. The van der Waals surface area contributed by atoms with E-state index >= 15 is 0 Å². The molecule has 72 valence electrons. The summed E-state index contributed by atoms with van der Waals surface area (Å²) >= 11 is 0. The minimum atomic E-state index is -0.641. The van der Waals surface area contributed by atoms with Crippen LogP contribution < -0.4 is 0 Å². The molecule has 0 saturated heterocycles. The van der Waals surface area contributed by atoms with Crippen LogP contribution in [0.5, 0.6) is 0 Å². The second-order valence-electron chi connectivity index (χ2n) is 2.44. The Kier molecular flexibility index (Phi) is 3.08. The number of carbonyl (C=O) groups is 2. The van der Waals surface area contributed by atoms with Gasteiger partial charge in [0.05, 0.1) is 7.11 Å². The van der Waals surface area contributed by atoms with Crippen molar-refractivity contribution in [1.82, 2.24) is 0 Å². The van der Waals surface area contributed by atoms with Crippen molar-refractivity contribution >= 4 is 11.6 Å². The number of carbonyl (C=O) groups excluding carboxylic acids is 2. The monoisotopic (exact) mass is 192 g/mol. The molecule has 4 heteroatoms. The predicted octanol–water partition coefficient (Wildman–Crippen LogP) is 0.202. The lowest BCUT2D eigenvalue weighted by Crippen LogP contribution is -2.17. The molecule has 0 aromatic carbocycles. The first-order valence-corrected chi connectivity index (χ1v) is 3.81. The number of terminal acetylenes is 1. The van der Waals surface area contributed by atoms with Gasteiger partial charge >= 0.3 is 0 Å². The summed E-state index contributed by atoms with van der Waals surface area (Å²) in [7, 11) is 1.38. The van der Waals surface area contributed by atoms with Crippen LogP contribution in [0.1, 0.15) is 0 Å². The Labute approximate surface area is 81.2 Å². The van der Waals surface area contributed by atoms with Crippen molar-refractivity contribution < 1.29 is 19.1 Å². The molecule has 0 aromatic heterocycles. The molecule has 0 radical (unpaired) electrons. The van der Waals surface area contributed by atoms with E-state index in [2.05, 4.69) is 5.92 Å². The van der Waals surface area contributed by atoms with Crippen molar-refractivity contribution in [2.75, 3.05) is 13.7 Å². The maximum absolute atomic E-state index is 11.0. The molecule has 0 aromatic rings. The van der Waals surface area contributed by atoms with Gasteiger partial charge < -0.3 is 9.47 Å². The topological polar surface area (TPSA) is 52.6 Å². The highest BCUT2D eigenvalue weighted by Gasteiger charge is 2.21. The second kappa shape index (κ2) is 4.28. The number of methoxy groups -OCH3 is 1. The Morgan fingerprint density at radius 2 is 1.86 bits per heavy atom. The van der Waals surface area contributed by atoms with Gasteiger partial charge in [-0.15, -0.1) is 6.42 Å². The Morgan fingerprint density at radius 1 is 1.29 bits per heavy atom. The van der Waals surface area contributed by atoms with Crippen molar-refractivity contribution in [3.63, 3.8) is 0 Å². The highest BCUT2D eigenvalue weighted by atomic mass is 16.5. The summed E-state index contributed by atoms with van der Waals surface area (Å²) in [4.78, 5) is 21.9. The van der Waals surface area contributed by atoms with Gasteiger partial charge in [-0.2, -0.15) is 0 Å². The number of rotatable bonds is 3. The summed E-state index contributed by atoms with van der Waals surface area (Å²) in [5.41, 5.74) is 0. The highest BCUT2D eigenvalue weighted by Crippen LogP contribution is 2.16. The van der Waals surface area contributed by atoms with E-state index in [9.17, 15) is 9.59 Å². The number of allylic oxidation sites excluding steroid dienone is 2. The number of hydrogen-bond donors (Lipinski definition) is 0. The van der Waals surface area contributed by atoms with Gasteiger partial charge in [0.25, 0.3) is 0 Å². The van der Waals surface area contributed by atoms with Gasteiger partial charge in [0.1, 0.15) is 6.61 Å². The highest BCUT2D eigenvalue weighted by molar-refractivity contribution is 6.46. The van der Waals surface area contributed by atoms with Crippen molar-refractivity contribution in [2.45, 2.75) is 0 Å². The van der Waals surface area contributed by atoms with Crippen molar-refractivity contribution in [3.05, 3.63) is 23.7 Å². The zero-order valence-corrected chi connectivity index (χ0v) is 7.57. The fraction of sp³-hybridized carbons (Fsp3) is 0.200. The largest absolute Gasteiger partial charge is 0.493 e. The Bertz CT molecular complexity index is 368. The minimum Gasteiger partial charge on any atom is -0.493 e. The molecule has 0 spiro atoms. The first-order valence-electron chi connectivity index (χ1n) is 3.81. The summed E-state index contributed by atoms with van der Waals surface area (Å²) < 4.78 is 9.86. The molecule has 0 heterocycles. The average Bonchev–Trinajstić information content (AvgIpc) is 2.19. The van der Waals surface area contributed by atoms with Crippen LogP contribution in [-0.2, 0) is 19.1 Å². The first kappa shape index (κ1) is 10.1. The maximum atomic E-state index is 11.0. The molecule has 1 aliphatic carbocycles. The van der Waals surface area contributed by atoms with Gasteiger partial charge in [-0.1, -0.05) is 5.92 Å². The summed E-state index contributed by atoms with van der Waals surface area (Å²) in [5, 5.41) is 0. The van der Waals surface area contributed by atoms with Crippen molar-refractivity contribution in [1.29, 1.82) is 0 Å². The second-order valence-corrected chi connectivity index (χ2v) is 2.44. The quantitative estimate of drug-likeness (QED) is 0.364. The molecule has 14 heavy (non-hydrogen) atoms. The van der Waals surface area contributed by atoms with Gasteiger partial charge in [0, 0.05) is 12.2 Å². The maximum Gasteiger partial charge on any atom is 0.229 e. The molecular weight excluding hydrogens is 184 g/mol. The van der Waals surface area contributed by atoms with Gasteiger partial charge in [0.2, 0.25) is 11.6 Å². The van der Waals surface area contributed by atoms with Crippen LogP contribution in [-0.4, -0.2) is 25.3 Å². The molecule has 0 fully saturated rings. The Balaban J connectivity index is 2.87. The van der Waals surface area contributed by atoms with E-state index in [0.29, 0.717) is 0 Å². The zero-order valence-electron chi connectivity index (χ0n) is 7.57. The molecule has 0 unspecified atom stereocenters. The van der Waals surface area contributed by atoms with E-state index in [0.717, 1.165) is 12.2 Å². The molecule has 0 amide bonds. The summed E-state index contributed by atoms with van der Waals surface area (Å²) in [5.74, 6) is 1.38. The normalized spacial score (nSPS) is 15.4. The smallest absolute Gasteiger partial charge is 0.229 e. The third kappa shape index (κ3) is 2.02. The van der Waals surface area contributed by atoms with Crippen LogP contribution in [0, 0.1) is 12.3 Å². The van der Waals surface area contributed by atoms with E-state index in [-0.39, 0.29) is 18.1 Å². The average molecular weight is 192 g/mol. The van der Waals surface area contributed by atoms with Gasteiger partial charge in [-0.3, -0.25) is 9.59 Å². The van der Waals surface area contributed by atoms with E-state index in [1.54, 1.807) is 0 Å². The fourth-order valence-corrected chi connectivity index (χ4v) is 0.914. The predicted molar refractivity (Wildman–Crippen MR) is 48.0 cm³/mol. The summed E-state index contributed by atoms with van der Waals surface area (Å²) in [6.07, 6.45) is 7.13. The standard InChI is InChI=1S/C10H8O4/c1-3-4-14-10-6-8(12)7(11)5-9(10)13-2/h1,5-6H,4H2,2H3. The van der Waals surface area contributed by atoms with E-state index < -0.39 is 11.6 Å². The number of hydrogen-bond acceptors (Lipinski definition) is 4. The minimum absolute atomic E-state index is 0.0218. The lowest BCUT2D eigenvalue weighted by Gasteiger charge is -2.13. The third-order valence-corrected chi connectivity index (χ3v) is 1.54. The summed E-state index contributed by atoms with van der Waals surface area (Å²) in [6, 6.07) is 0. The van der Waals surface area contributed by atoms with Gasteiger partial charge in [-0.05, 0) is 0 Å². The van der Waals surface area contributed by atoms with Crippen LogP contribution >= 0.6 is 0 Å². The molecule has 1 aliphatic rings. The van der Waals surface area contributed by atoms with Gasteiger partial charge in [-0.25, -0.2) is 0 Å². The van der Waals surface area contributed by atoms with Crippen LogP contribution in [0.15, 0.2) is 23.7 Å². The van der Waals surface area contributed by atoms with E-state index in [1.807, 2.05) is 0 Å². The Morgan fingerprint density at radius 3 is 2.36 bits per heavy atom. The molecule has 1 rings (SSSR count). The lowest BCUT2D eigenvalue weighted by molar-refractivity contribution is -0.131. The SMILES string of the molecule is C#CCOC1=CC(=O)C(=O)C=C1OC. The number of ether oxygens (including phenoxy) is 2. The van der Waals surface area contributed by atoms with E-state index in [1.165, 1.54) is 7.11 Å². The van der Waals surface area contributed by atoms with Crippen molar-refractivity contribution in [2.24, 2.45) is 0 Å². The molecule has 0 aliphatic heterocycles. The van der Waals surface area contributed by atoms with Crippen molar-refractivity contribution in [3.8, 4) is 12.3 Å². The van der Waals surface area contributed by atoms with Crippen LogP contribution in [0.3, 0.4) is 0 Å². The zero-order chi connectivity index (χ0) is 10.6. The molecular formula is C10H8O4. The third-order valence-electron chi connectivity index (χ3n) is 1.54. The van der Waals surface area contributed by atoms with Crippen LogP contribution in [0.2, 0.25) is 0 Å². The molecule has 4 nitrogen and oxygen atoms in total. The lowest BCUT2D eigenvalue weighted by atomic mass is 10.1. The molecule has 0 saturated carbocycles. The summed E-state index contributed by atoms with van der Waals surface area (Å²) in [6.45, 7) is 0.0218. The van der Waals surface area contributed by atoms with E-state index in [4.69, 9.17) is 15.9 Å². The number of ketones is 2. The first-order chi connectivity index (χ1) is 6.69. The fourth-order valence-electron chi connectivity index (χ4n) is 0.914. The van der Waals surface area contributed by atoms with Crippen LogP contribution in [0.4, 0.5) is 0 Å². The Hall–Kier alpha value is -2.02. The molecule has 0 atom stereocenters. The van der Waals surface area contributed by atoms with Crippen LogP contribution in [0.25, 0.3) is 0 Å². The van der Waals surface area contributed by atoms with Gasteiger partial charge in [0.15, 0.2) is 11.5 Å².